The van der Waals surface area contributed by atoms with Crippen LogP contribution in [-0.4, -0.2) is 60.8 Å². The molecule has 0 aromatic carbocycles. The molecule has 0 bridgehead atoms. The van der Waals surface area contributed by atoms with Crippen molar-refractivity contribution in [3.8, 4) is 0 Å². The first-order chi connectivity index (χ1) is 13.8. The molecule has 162 valence electrons. The van der Waals surface area contributed by atoms with Crippen LogP contribution in [0, 0.1) is 0 Å². The zero-order chi connectivity index (χ0) is 21.4. The van der Waals surface area contributed by atoms with Gasteiger partial charge < -0.3 is 20.7 Å². The summed E-state index contributed by atoms with van der Waals surface area (Å²) >= 11 is 0. The molecule has 1 saturated carbocycles. The van der Waals surface area contributed by atoms with Crippen molar-refractivity contribution < 1.29 is 9.53 Å². The van der Waals surface area contributed by atoms with Crippen LogP contribution in [0.1, 0.15) is 52.1 Å². The Morgan fingerprint density at radius 1 is 1.31 bits per heavy atom. The Morgan fingerprint density at radius 3 is 2.62 bits per heavy atom. The first-order valence-corrected chi connectivity index (χ1v) is 10.3. The van der Waals surface area contributed by atoms with Crippen LogP contribution in [0.15, 0.2) is 23.3 Å². The number of hydrogen-bond donors (Lipinski definition) is 3. The van der Waals surface area contributed by atoms with Gasteiger partial charge in [-0.25, -0.2) is 4.79 Å². The summed E-state index contributed by atoms with van der Waals surface area (Å²) in [4.78, 5) is 23.6. The fraction of sp³-hybridized carbons (Fsp3) is 0.667. The highest BCUT2D eigenvalue weighted by Gasteiger charge is 2.33. The van der Waals surface area contributed by atoms with Gasteiger partial charge in [-0.2, -0.15) is 0 Å². The molecule has 2 rings (SSSR count). The number of ether oxygens (including phenoxy) is 1. The summed E-state index contributed by atoms with van der Waals surface area (Å²) in [5.41, 5.74) is 1.24. The van der Waals surface area contributed by atoms with Gasteiger partial charge in [-0.05, 0) is 58.6 Å². The van der Waals surface area contributed by atoms with E-state index < -0.39 is 5.60 Å². The largest absolute Gasteiger partial charge is 0.444 e. The molecule has 1 fully saturated rings. The van der Waals surface area contributed by atoms with Gasteiger partial charge in [0.1, 0.15) is 5.60 Å². The number of hydrogen-bond acceptors (Lipinski definition) is 5. The predicted octanol–water partition coefficient (Wildman–Crippen LogP) is 2.97. The first-order valence-electron chi connectivity index (χ1n) is 10.3. The van der Waals surface area contributed by atoms with E-state index in [1.54, 1.807) is 13.2 Å². The third-order valence-corrected chi connectivity index (χ3v) is 4.96. The number of nitrogens with one attached hydrogen (secondary N) is 3. The lowest BCUT2D eigenvalue weighted by Gasteiger charge is -2.38. The molecule has 0 aliphatic heterocycles. The molecule has 1 aliphatic carbocycles. The minimum Gasteiger partial charge on any atom is -0.444 e. The maximum atomic E-state index is 13.0. The third-order valence-electron chi connectivity index (χ3n) is 4.96. The second-order valence-corrected chi connectivity index (χ2v) is 8.38. The van der Waals surface area contributed by atoms with E-state index in [9.17, 15) is 4.79 Å². The average molecular weight is 405 g/mol. The van der Waals surface area contributed by atoms with Crippen molar-refractivity contribution >= 4 is 17.7 Å². The maximum Gasteiger partial charge on any atom is 0.410 e. The molecule has 1 aromatic rings. The molecule has 8 nitrogen and oxygen atoms in total. The van der Waals surface area contributed by atoms with Gasteiger partial charge >= 0.3 is 6.09 Å². The lowest BCUT2D eigenvalue weighted by atomic mass is 9.90. The number of aliphatic imine (C=N–C) groups is 1. The second-order valence-electron chi connectivity index (χ2n) is 8.38. The van der Waals surface area contributed by atoms with E-state index in [4.69, 9.17) is 4.74 Å². The molecule has 3 N–H and O–H groups in total. The van der Waals surface area contributed by atoms with Gasteiger partial charge in [-0.15, -0.1) is 0 Å². The van der Waals surface area contributed by atoms with Crippen LogP contribution in [0.4, 0.5) is 10.5 Å². The molecular weight excluding hydrogens is 368 g/mol. The summed E-state index contributed by atoms with van der Waals surface area (Å²) in [5, 5.41) is 9.57. The standard InChI is InChI=1S/C21H36N6O2/c1-21(2,3)29-20(28)27(14-17-11-10-16(22-4)13-25-17)18-9-7-8-15(12-18)26-19(23-5)24-6/h10-11,13,15,18,22H,7-9,12,14H2,1-6H3,(H2,23,24,26)/t15-,18+/m1/s1. The van der Waals surface area contributed by atoms with E-state index in [2.05, 4.69) is 25.9 Å². The molecule has 1 amide bonds. The monoisotopic (exact) mass is 404 g/mol. The average Bonchev–Trinajstić information content (AvgIpc) is 2.69. The van der Waals surface area contributed by atoms with Gasteiger partial charge in [0.15, 0.2) is 5.96 Å². The lowest BCUT2D eigenvalue weighted by Crippen LogP contribution is -2.50. The SMILES string of the molecule is CN=C(NC)N[C@@H]1CCC[C@H](N(Cc2ccc(NC)cn2)C(=O)OC(C)(C)C)C1. The summed E-state index contributed by atoms with van der Waals surface area (Å²) in [6, 6.07) is 4.25. The van der Waals surface area contributed by atoms with Crippen LogP contribution in [0.2, 0.25) is 0 Å². The molecular formula is C21H36N6O2. The van der Waals surface area contributed by atoms with Crippen LogP contribution in [0.5, 0.6) is 0 Å². The summed E-state index contributed by atoms with van der Waals surface area (Å²) in [5.74, 6) is 0.767. The van der Waals surface area contributed by atoms with E-state index in [-0.39, 0.29) is 18.2 Å². The fourth-order valence-electron chi connectivity index (χ4n) is 3.52. The van der Waals surface area contributed by atoms with E-state index in [0.29, 0.717) is 6.54 Å². The third kappa shape index (κ3) is 7.11. The van der Waals surface area contributed by atoms with E-state index >= 15 is 0 Å². The van der Waals surface area contributed by atoms with Crippen molar-refractivity contribution in [2.45, 2.75) is 70.7 Å². The molecule has 0 unspecified atom stereocenters. The Bertz CT molecular complexity index is 683. The molecule has 1 heterocycles. The molecule has 0 saturated heterocycles. The van der Waals surface area contributed by atoms with Crippen LogP contribution in [0.25, 0.3) is 0 Å². The van der Waals surface area contributed by atoms with Gasteiger partial charge in [-0.3, -0.25) is 14.9 Å². The van der Waals surface area contributed by atoms with Gasteiger partial charge in [0.25, 0.3) is 0 Å². The van der Waals surface area contributed by atoms with Crippen molar-refractivity contribution in [3.05, 3.63) is 24.0 Å². The maximum absolute atomic E-state index is 13.0. The second kappa shape index (κ2) is 10.3. The van der Waals surface area contributed by atoms with Gasteiger partial charge in [-0.1, -0.05) is 0 Å². The molecule has 0 radical (unpaired) electrons. The summed E-state index contributed by atoms with van der Waals surface area (Å²) in [7, 11) is 5.47. The smallest absolute Gasteiger partial charge is 0.410 e. The number of aromatic nitrogens is 1. The highest BCUT2D eigenvalue weighted by atomic mass is 16.6. The zero-order valence-corrected chi connectivity index (χ0v) is 18.6. The number of carbonyl (C=O) groups excluding carboxylic acids is 1. The number of anilines is 1. The molecule has 1 aliphatic rings. The molecule has 8 heteroatoms. The van der Waals surface area contributed by atoms with E-state index in [1.807, 2.05) is 51.9 Å². The number of amides is 1. The van der Waals surface area contributed by atoms with Crippen LogP contribution >= 0.6 is 0 Å². The lowest BCUT2D eigenvalue weighted by molar-refractivity contribution is 0.00838. The summed E-state index contributed by atoms with van der Waals surface area (Å²) < 4.78 is 5.72. The minimum absolute atomic E-state index is 0.0804. The van der Waals surface area contributed by atoms with Crippen molar-refractivity contribution in [2.24, 2.45) is 4.99 Å². The number of rotatable bonds is 5. The Kier molecular flexibility index (Phi) is 8.10. The van der Waals surface area contributed by atoms with Crippen molar-refractivity contribution in [1.29, 1.82) is 0 Å². The Balaban J connectivity index is 2.17. The van der Waals surface area contributed by atoms with Gasteiger partial charge in [0.2, 0.25) is 0 Å². The number of carbonyl (C=O) groups is 1. The summed E-state index contributed by atoms with van der Waals surface area (Å²) in [6.07, 6.45) is 5.37. The van der Waals surface area contributed by atoms with Crippen molar-refractivity contribution in [1.82, 2.24) is 20.5 Å². The van der Waals surface area contributed by atoms with Crippen LogP contribution in [-0.2, 0) is 11.3 Å². The molecule has 29 heavy (non-hydrogen) atoms. The Labute approximate surface area is 174 Å². The van der Waals surface area contributed by atoms with E-state index in [1.165, 1.54) is 0 Å². The number of nitrogens with zero attached hydrogens (tertiary/aromatic N) is 3. The highest BCUT2D eigenvalue weighted by molar-refractivity contribution is 5.79. The quantitative estimate of drug-likeness (QED) is 0.516. The number of guanidine groups is 1. The topological polar surface area (TPSA) is 90.9 Å². The molecule has 2 atom stereocenters. The van der Waals surface area contributed by atoms with E-state index in [0.717, 1.165) is 43.0 Å². The normalized spacial score (nSPS) is 20.0. The predicted molar refractivity (Wildman–Crippen MR) is 117 cm³/mol. The summed E-state index contributed by atoms with van der Waals surface area (Å²) in [6.45, 7) is 6.11. The minimum atomic E-state index is -0.542. The number of pyridine rings is 1. The molecule has 0 spiro atoms. The van der Waals surface area contributed by atoms with Crippen LogP contribution < -0.4 is 16.0 Å². The fourth-order valence-corrected chi connectivity index (χ4v) is 3.52. The van der Waals surface area contributed by atoms with Crippen molar-refractivity contribution in [2.75, 3.05) is 26.5 Å². The molecule has 1 aromatic heterocycles. The van der Waals surface area contributed by atoms with Crippen LogP contribution in [0.3, 0.4) is 0 Å². The zero-order valence-electron chi connectivity index (χ0n) is 18.6. The Morgan fingerprint density at radius 2 is 2.07 bits per heavy atom. The van der Waals surface area contributed by atoms with Gasteiger partial charge in [0.05, 0.1) is 24.1 Å². The Hall–Kier alpha value is -2.51. The first kappa shape index (κ1) is 22.8. The van der Waals surface area contributed by atoms with Crippen molar-refractivity contribution in [3.63, 3.8) is 0 Å². The van der Waals surface area contributed by atoms with Gasteiger partial charge in [0, 0.05) is 33.2 Å². The highest BCUT2D eigenvalue weighted by Crippen LogP contribution is 2.26.